The molecular weight excluding hydrogens is 430 g/mol. The van der Waals surface area contributed by atoms with E-state index in [0.29, 0.717) is 27.9 Å². The van der Waals surface area contributed by atoms with Gasteiger partial charge in [-0.3, -0.25) is 14.5 Å². The molecule has 1 aromatic carbocycles. The minimum atomic E-state index is -0.795. The fourth-order valence-electron chi connectivity index (χ4n) is 3.46. The van der Waals surface area contributed by atoms with Crippen LogP contribution in [-0.4, -0.2) is 42.7 Å². The summed E-state index contributed by atoms with van der Waals surface area (Å²) < 4.78 is 0.531. The lowest BCUT2D eigenvalue weighted by Gasteiger charge is -2.13. The molecule has 3 aromatic rings. The molecule has 6 nitrogen and oxygen atoms in total. The van der Waals surface area contributed by atoms with Crippen molar-refractivity contribution in [1.82, 2.24) is 14.9 Å². The van der Waals surface area contributed by atoms with Gasteiger partial charge >= 0.3 is 5.97 Å². The first-order valence-corrected chi connectivity index (χ1v) is 11.3. The second-order valence-corrected chi connectivity index (χ2v) is 8.94. The Morgan fingerprint density at radius 3 is 2.90 bits per heavy atom. The van der Waals surface area contributed by atoms with Crippen LogP contribution >= 0.6 is 24.0 Å². The van der Waals surface area contributed by atoms with Crippen LogP contribution in [0.25, 0.3) is 28.2 Å². The zero-order chi connectivity index (χ0) is 21.8. The minimum absolute atomic E-state index is 0.117. The van der Waals surface area contributed by atoms with Gasteiger partial charge in [0.1, 0.15) is 4.32 Å². The number of carboxylic acid groups (broad SMARTS) is 1. The van der Waals surface area contributed by atoms with Gasteiger partial charge < -0.3 is 10.1 Å². The van der Waals surface area contributed by atoms with Crippen molar-refractivity contribution in [3.63, 3.8) is 0 Å². The number of carbonyl (C=O) groups is 2. The number of aromatic nitrogens is 2. The molecule has 1 aliphatic rings. The normalized spacial score (nSPS) is 15.4. The molecule has 0 unspecified atom stereocenters. The zero-order valence-electron chi connectivity index (χ0n) is 16.7. The Hall–Kier alpha value is -2.97. The molecule has 1 fully saturated rings. The molecule has 158 valence electrons. The lowest BCUT2D eigenvalue weighted by atomic mass is 10.1. The number of fused-ring (bicyclic) bond motifs is 1. The second kappa shape index (κ2) is 9.45. The summed E-state index contributed by atoms with van der Waals surface area (Å²) >= 11 is 6.66. The number of H-pyrrole nitrogens is 1. The summed E-state index contributed by atoms with van der Waals surface area (Å²) in [6, 6.07) is 13.9. The Morgan fingerprint density at radius 2 is 2.06 bits per heavy atom. The summed E-state index contributed by atoms with van der Waals surface area (Å²) in [5, 5.41) is 9.83. The minimum Gasteiger partial charge on any atom is -0.481 e. The van der Waals surface area contributed by atoms with Crippen LogP contribution in [0.4, 0.5) is 0 Å². The highest BCUT2D eigenvalue weighted by molar-refractivity contribution is 8.26. The number of nitrogens with zero attached hydrogens (tertiary/aromatic N) is 2. The van der Waals surface area contributed by atoms with Gasteiger partial charge in [-0.15, -0.1) is 0 Å². The molecule has 3 heterocycles. The maximum Gasteiger partial charge on any atom is 0.303 e. The van der Waals surface area contributed by atoms with Crippen LogP contribution in [0, 0.1) is 0 Å². The molecule has 0 radical (unpaired) electrons. The molecule has 2 N–H and O–H groups in total. The molecule has 0 saturated carbocycles. The van der Waals surface area contributed by atoms with Gasteiger partial charge in [0.2, 0.25) is 0 Å². The third kappa shape index (κ3) is 5.03. The number of carbonyl (C=O) groups excluding carboxylic acids is 1. The second-order valence-electron chi connectivity index (χ2n) is 7.27. The summed E-state index contributed by atoms with van der Waals surface area (Å²) in [7, 11) is 0. The first-order valence-electron chi connectivity index (χ1n) is 10.0. The Balaban J connectivity index is 1.46. The van der Waals surface area contributed by atoms with Crippen LogP contribution < -0.4 is 0 Å². The lowest BCUT2D eigenvalue weighted by molar-refractivity contribution is -0.137. The number of thioether (sulfide) groups is 1. The lowest BCUT2D eigenvalue weighted by Crippen LogP contribution is -2.29. The van der Waals surface area contributed by atoms with Crippen LogP contribution in [-0.2, 0) is 9.59 Å². The molecule has 0 spiro atoms. The standard InChI is InChI=1S/C23H21N3O3S2/c27-21(28)7-2-1-3-12-26-22(29)20(31-23(26)30)14-17-5-4-6-19(25-17)15-8-9-18-16(13-15)10-11-24-18/h4-6,8-11,13-14,24H,1-3,7,12H2,(H,27,28)/b20-14-. The van der Waals surface area contributed by atoms with Gasteiger partial charge in [-0.25, -0.2) is 4.98 Å². The third-order valence-electron chi connectivity index (χ3n) is 5.04. The summed E-state index contributed by atoms with van der Waals surface area (Å²) in [5.74, 6) is -0.912. The van der Waals surface area contributed by atoms with Crippen molar-refractivity contribution in [2.24, 2.45) is 0 Å². The maximum atomic E-state index is 12.8. The number of nitrogens with one attached hydrogen (secondary N) is 1. The highest BCUT2D eigenvalue weighted by atomic mass is 32.2. The molecule has 1 aliphatic heterocycles. The third-order valence-corrected chi connectivity index (χ3v) is 6.42. The monoisotopic (exact) mass is 451 g/mol. The van der Waals surface area contributed by atoms with Gasteiger partial charge in [0.25, 0.3) is 5.91 Å². The topological polar surface area (TPSA) is 86.3 Å². The van der Waals surface area contributed by atoms with E-state index in [-0.39, 0.29) is 12.3 Å². The van der Waals surface area contributed by atoms with E-state index in [1.807, 2.05) is 42.6 Å². The average molecular weight is 452 g/mol. The SMILES string of the molecule is O=C(O)CCCCCN1C(=O)/C(=C/c2cccc(-c3ccc4[nH]ccc4c3)n2)SC1=S. The smallest absolute Gasteiger partial charge is 0.303 e. The highest BCUT2D eigenvalue weighted by Crippen LogP contribution is 2.33. The number of rotatable bonds is 8. The molecule has 0 aliphatic carbocycles. The van der Waals surface area contributed by atoms with Crippen LogP contribution in [0.15, 0.2) is 53.6 Å². The fraction of sp³-hybridized carbons (Fsp3) is 0.217. The zero-order valence-corrected chi connectivity index (χ0v) is 18.3. The van der Waals surface area contributed by atoms with E-state index in [2.05, 4.69) is 11.1 Å². The van der Waals surface area contributed by atoms with Crippen molar-refractivity contribution in [2.45, 2.75) is 25.7 Å². The first-order chi connectivity index (χ1) is 15.0. The van der Waals surface area contributed by atoms with Gasteiger partial charge in [-0.1, -0.05) is 42.5 Å². The predicted molar refractivity (Wildman–Crippen MR) is 128 cm³/mol. The van der Waals surface area contributed by atoms with E-state index in [9.17, 15) is 9.59 Å². The number of hydrogen-bond donors (Lipinski definition) is 2. The Labute approximate surface area is 189 Å². The maximum absolute atomic E-state index is 12.8. The summed E-state index contributed by atoms with van der Waals surface area (Å²) in [5.41, 5.74) is 3.63. The first kappa shape index (κ1) is 21.3. The Bertz CT molecular complexity index is 1190. The predicted octanol–water partition coefficient (Wildman–Crippen LogP) is 5.08. The molecule has 4 rings (SSSR count). The molecule has 0 atom stereocenters. The highest BCUT2D eigenvalue weighted by Gasteiger charge is 2.31. The number of carboxylic acids is 1. The van der Waals surface area contributed by atoms with Crippen molar-refractivity contribution in [2.75, 3.05) is 6.54 Å². The van der Waals surface area contributed by atoms with Crippen molar-refractivity contribution < 1.29 is 14.7 Å². The number of amides is 1. The van der Waals surface area contributed by atoms with E-state index < -0.39 is 5.97 Å². The number of thiocarbonyl (C=S) groups is 1. The molecule has 2 aromatic heterocycles. The fourth-order valence-corrected chi connectivity index (χ4v) is 4.75. The van der Waals surface area contributed by atoms with Gasteiger partial charge in [-0.2, -0.15) is 0 Å². The summed E-state index contributed by atoms with van der Waals surface area (Å²) in [4.78, 5) is 33.4. The van der Waals surface area contributed by atoms with E-state index in [1.165, 1.54) is 11.8 Å². The molecular formula is C23H21N3O3S2. The van der Waals surface area contributed by atoms with Gasteiger partial charge in [0, 0.05) is 35.6 Å². The number of pyridine rings is 1. The Morgan fingerprint density at radius 1 is 1.19 bits per heavy atom. The van der Waals surface area contributed by atoms with Crippen molar-refractivity contribution >= 4 is 57.2 Å². The number of aliphatic carboxylic acids is 1. The Kier molecular flexibility index (Phi) is 6.48. The number of benzene rings is 1. The number of aromatic amines is 1. The number of hydrogen-bond acceptors (Lipinski definition) is 5. The van der Waals surface area contributed by atoms with E-state index in [1.54, 1.807) is 11.0 Å². The van der Waals surface area contributed by atoms with Crippen LogP contribution in [0.1, 0.15) is 31.4 Å². The van der Waals surface area contributed by atoms with Crippen LogP contribution in [0.3, 0.4) is 0 Å². The molecule has 1 amide bonds. The quantitative estimate of drug-likeness (QED) is 0.282. The van der Waals surface area contributed by atoms with E-state index in [4.69, 9.17) is 22.3 Å². The van der Waals surface area contributed by atoms with Crippen molar-refractivity contribution in [3.8, 4) is 11.3 Å². The van der Waals surface area contributed by atoms with Gasteiger partial charge in [0.15, 0.2) is 0 Å². The molecule has 8 heteroatoms. The number of unbranched alkanes of at least 4 members (excludes halogenated alkanes) is 2. The van der Waals surface area contributed by atoms with Crippen LogP contribution in [0.2, 0.25) is 0 Å². The van der Waals surface area contributed by atoms with Crippen molar-refractivity contribution in [3.05, 3.63) is 59.3 Å². The average Bonchev–Trinajstić information content (AvgIpc) is 3.32. The van der Waals surface area contributed by atoms with E-state index >= 15 is 0 Å². The molecule has 0 bridgehead atoms. The van der Waals surface area contributed by atoms with Gasteiger partial charge in [-0.05, 0) is 49.2 Å². The van der Waals surface area contributed by atoms with Crippen LogP contribution in [0.5, 0.6) is 0 Å². The van der Waals surface area contributed by atoms with E-state index in [0.717, 1.165) is 35.0 Å². The largest absolute Gasteiger partial charge is 0.481 e. The summed E-state index contributed by atoms with van der Waals surface area (Å²) in [6.07, 6.45) is 5.91. The van der Waals surface area contributed by atoms with Crippen molar-refractivity contribution in [1.29, 1.82) is 0 Å². The molecule has 1 saturated heterocycles. The van der Waals surface area contributed by atoms with Gasteiger partial charge in [0.05, 0.1) is 16.3 Å². The summed E-state index contributed by atoms with van der Waals surface area (Å²) in [6.45, 7) is 0.506. The molecule has 31 heavy (non-hydrogen) atoms.